The van der Waals surface area contributed by atoms with Gasteiger partial charge in [0.2, 0.25) is 5.89 Å². The van der Waals surface area contributed by atoms with Crippen LogP contribution in [0.15, 0.2) is 53.6 Å². The molecule has 5 nitrogen and oxygen atoms in total. The van der Waals surface area contributed by atoms with Crippen LogP contribution < -0.4 is 0 Å². The van der Waals surface area contributed by atoms with Gasteiger partial charge in [-0.05, 0) is 31.7 Å². The lowest BCUT2D eigenvalue weighted by Crippen LogP contribution is -2.72. The highest BCUT2D eigenvalue weighted by atomic mass is 16.5. The fraction of sp³-hybridized carbons (Fsp3) is 0.429. The summed E-state index contributed by atoms with van der Waals surface area (Å²) in [5.41, 5.74) is 0.129. The summed E-state index contributed by atoms with van der Waals surface area (Å²) in [4.78, 5) is 6.87. The first kappa shape index (κ1) is 17.2. The second kappa shape index (κ2) is 6.49. The molecule has 0 radical (unpaired) electrons. The molecule has 4 heterocycles. The van der Waals surface area contributed by atoms with Crippen molar-refractivity contribution in [1.82, 2.24) is 15.0 Å². The molecule has 0 saturated carbocycles. The number of aromatic nitrogens is 2. The minimum Gasteiger partial charge on any atom is -0.390 e. The predicted molar refractivity (Wildman–Crippen MR) is 101 cm³/mol. The number of piperidine rings is 3. The second-order valence-corrected chi connectivity index (χ2v) is 7.42. The van der Waals surface area contributed by atoms with E-state index in [2.05, 4.69) is 45.9 Å². The molecule has 2 unspecified atom stereocenters. The Hall–Kier alpha value is -2.24. The van der Waals surface area contributed by atoms with Crippen LogP contribution in [0.2, 0.25) is 0 Å². The number of hydrogen-bond donors (Lipinski definition) is 1. The zero-order valence-corrected chi connectivity index (χ0v) is 15.1. The van der Waals surface area contributed by atoms with E-state index in [1.54, 1.807) is 0 Å². The Kier molecular flexibility index (Phi) is 4.29. The summed E-state index contributed by atoms with van der Waals surface area (Å²) in [6.45, 7) is 7.56. The molecule has 3 fully saturated rings. The number of fused-ring (bicyclic) bond motifs is 3. The van der Waals surface area contributed by atoms with Crippen molar-refractivity contribution < 1.29 is 9.63 Å². The zero-order valence-electron chi connectivity index (χ0n) is 15.1. The van der Waals surface area contributed by atoms with Crippen molar-refractivity contribution in [2.45, 2.75) is 43.2 Å². The van der Waals surface area contributed by atoms with Crippen molar-refractivity contribution in [3.05, 3.63) is 66.3 Å². The molecule has 3 aliphatic heterocycles. The largest absolute Gasteiger partial charge is 0.390 e. The van der Waals surface area contributed by atoms with E-state index in [-0.39, 0.29) is 0 Å². The van der Waals surface area contributed by atoms with E-state index in [9.17, 15) is 5.11 Å². The number of hydrogen-bond acceptors (Lipinski definition) is 5. The summed E-state index contributed by atoms with van der Waals surface area (Å²) in [7, 11) is 0. The van der Waals surface area contributed by atoms with Gasteiger partial charge in [0.05, 0.1) is 17.1 Å². The van der Waals surface area contributed by atoms with E-state index in [1.165, 1.54) is 0 Å². The number of nitrogens with zero attached hydrogens (tertiary/aromatic N) is 3. The Labute approximate surface area is 154 Å². The first-order valence-electron chi connectivity index (χ1n) is 9.20. The molecule has 0 spiro atoms. The van der Waals surface area contributed by atoms with Crippen LogP contribution in [0.25, 0.3) is 6.08 Å². The van der Waals surface area contributed by atoms with Gasteiger partial charge in [-0.25, -0.2) is 0 Å². The molecule has 2 bridgehead atoms. The number of rotatable bonds is 5. The second-order valence-electron chi connectivity index (χ2n) is 7.42. The Morgan fingerprint density at radius 3 is 2.65 bits per heavy atom. The molecule has 5 rings (SSSR count). The quantitative estimate of drug-likeness (QED) is 0.839. The number of aliphatic hydroxyl groups excluding tert-OH is 1. The maximum atomic E-state index is 11.6. The molecule has 26 heavy (non-hydrogen) atoms. The van der Waals surface area contributed by atoms with Crippen LogP contribution in [-0.2, 0) is 5.41 Å². The number of aliphatic hydroxyl groups is 1. The minimum absolute atomic E-state index is 0.486. The smallest absolute Gasteiger partial charge is 0.235 e. The fourth-order valence-electron chi connectivity index (χ4n) is 4.62. The van der Waals surface area contributed by atoms with Crippen LogP contribution in [0.1, 0.15) is 36.5 Å². The maximum absolute atomic E-state index is 11.6. The van der Waals surface area contributed by atoms with Gasteiger partial charge >= 0.3 is 0 Å². The third-order valence-corrected chi connectivity index (χ3v) is 6.03. The van der Waals surface area contributed by atoms with Gasteiger partial charge in [-0.3, -0.25) is 4.90 Å². The van der Waals surface area contributed by atoms with Gasteiger partial charge in [0, 0.05) is 13.1 Å². The van der Waals surface area contributed by atoms with Gasteiger partial charge in [0.1, 0.15) is 0 Å². The maximum Gasteiger partial charge on any atom is 0.235 e. The van der Waals surface area contributed by atoms with E-state index in [4.69, 9.17) is 4.52 Å². The Balaban J connectivity index is 1.76. The summed E-state index contributed by atoms with van der Waals surface area (Å²) in [6.07, 6.45) is 7.83. The standard InChI is InChI=1S/C21H25N3O2/c1-3-10-21(11-9-17-7-5-4-6-8-17)18(25)20(12-14-24(21)15-13-20)19-22-16(2)23-26-19/h3-9,11,18,25H,1,10,12-15H2,2H3. The lowest BCUT2D eigenvalue weighted by atomic mass is 9.60. The van der Waals surface area contributed by atoms with Gasteiger partial charge in [0.15, 0.2) is 5.82 Å². The van der Waals surface area contributed by atoms with Crippen molar-refractivity contribution in [2.24, 2.45) is 0 Å². The highest BCUT2D eigenvalue weighted by molar-refractivity contribution is 5.52. The van der Waals surface area contributed by atoms with Crippen molar-refractivity contribution in [2.75, 3.05) is 13.1 Å². The zero-order chi connectivity index (χ0) is 18.2. The summed E-state index contributed by atoms with van der Waals surface area (Å²) >= 11 is 0. The molecular formula is C21H25N3O2. The average Bonchev–Trinajstić information content (AvgIpc) is 3.12. The molecule has 0 amide bonds. The molecule has 5 heteroatoms. The summed E-state index contributed by atoms with van der Waals surface area (Å²) < 4.78 is 5.54. The fourth-order valence-corrected chi connectivity index (χ4v) is 4.62. The van der Waals surface area contributed by atoms with Crippen LogP contribution in [0.5, 0.6) is 0 Å². The lowest BCUT2D eigenvalue weighted by molar-refractivity contribution is -0.136. The average molecular weight is 351 g/mol. The van der Waals surface area contributed by atoms with Crippen molar-refractivity contribution in [3.8, 4) is 0 Å². The topological polar surface area (TPSA) is 62.4 Å². The van der Waals surface area contributed by atoms with Gasteiger partial charge in [-0.15, -0.1) is 6.58 Å². The lowest BCUT2D eigenvalue weighted by Gasteiger charge is -2.60. The third-order valence-electron chi connectivity index (χ3n) is 6.03. The Morgan fingerprint density at radius 2 is 2.04 bits per heavy atom. The van der Waals surface area contributed by atoms with E-state index < -0.39 is 17.1 Å². The highest BCUT2D eigenvalue weighted by Gasteiger charge is 2.61. The molecule has 3 saturated heterocycles. The monoisotopic (exact) mass is 351 g/mol. The van der Waals surface area contributed by atoms with Crippen LogP contribution in [0.4, 0.5) is 0 Å². The number of benzene rings is 1. The number of aryl methyl sites for hydroxylation is 1. The first-order chi connectivity index (χ1) is 12.6. The highest BCUT2D eigenvalue weighted by Crippen LogP contribution is 2.51. The molecule has 1 N–H and O–H groups in total. The first-order valence-corrected chi connectivity index (χ1v) is 9.20. The van der Waals surface area contributed by atoms with Crippen molar-refractivity contribution >= 4 is 6.08 Å². The van der Waals surface area contributed by atoms with Gasteiger partial charge in [-0.1, -0.05) is 53.7 Å². The van der Waals surface area contributed by atoms with Crippen molar-refractivity contribution in [1.29, 1.82) is 0 Å². The molecule has 2 atom stereocenters. The molecule has 1 aromatic carbocycles. The Morgan fingerprint density at radius 1 is 1.31 bits per heavy atom. The summed E-state index contributed by atoms with van der Waals surface area (Å²) in [6, 6.07) is 10.2. The van der Waals surface area contributed by atoms with Crippen LogP contribution in [0.3, 0.4) is 0 Å². The van der Waals surface area contributed by atoms with Crippen LogP contribution >= 0.6 is 0 Å². The normalized spacial score (nSPS) is 33.6. The van der Waals surface area contributed by atoms with Crippen LogP contribution in [0, 0.1) is 6.92 Å². The summed E-state index contributed by atoms with van der Waals surface area (Å²) in [5, 5.41) is 15.5. The third kappa shape index (κ3) is 2.54. The molecular weight excluding hydrogens is 326 g/mol. The van der Waals surface area contributed by atoms with E-state index in [0.29, 0.717) is 18.1 Å². The van der Waals surface area contributed by atoms with Gasteiger partial charge < -0.3 is 9.63 Å². The predicted octanol–water partition coefficient (Wildman–Crippen LogP) is 3.11. The van der Waals surface area contributed by atoms with E-state index in [1.807, 2.05) is 31.2 Å². The van der Waals surface area contributed by atoms with Gasteiger partial charge in [-0.2, -0.15) is 4.98 Å². The van der Waals surface area contributed by atoms with E-state index in [0.717, 1.165) is 31.5 Å². The SMILES string of the molecule is C=CCC1(C=Cc2ccccc2)C(O)C2(c3nc(C)no3)CCN1CC2. The molecule has 0 aliphatic carbocycles. The van der Waals surface area contributed by atoms with Crippen LogP contribution in [-0.4, -0.2) is 44.9 Å². The molecule has 2 aromatic rings. The molecule has 136 valence electrons. The molecule has 1 aromatic heterocycles. The summed E-state index contributed by atoms with van der Waals surface area (Å²) in [5.74, 6) is 1.19. The molecule has 3 aliphatic rings. The minimum atomic E-state index is -0.629. The van der Waals surface area contributed by atoms with Crippen molar-refractivity contribution in [3.63, 3.8) is 0 Å². The van der Waals surface area contributed by atoms with E-state index >= 15 is 0 Å². The Bertz CT molecular complexity index is 806. The van der Waals surface area contributed by atoms with Gasteiger partial charge in [0.25, 0.3) is 0 Å².